The molecule has 3 unspecified atom stereocenters. The van der Waals surface area contributed by atoms with Crippen molar-refractivity contribution in [1.82, 2.24) is 10.6 Å². The molecule has 2 heterocycles. The number of carbonyl (C=O) groups is 1. The van der Waals surface area contributed by atoms with Crippen molar-refractivity contribution in [3.8, 4) is 0 Å². The first-order valence-electron chi connectivity index (χ1n) is 5.19. The molecule has 0 saturated carbocycles. The standard InChI is InChI=1S/C10H18N2O/c1-6(2)8-3-7-4-9(13)12-10(7)11-5-8/h6-8,10-11H,3-5H2,1-2H3,(H,12,13). The van der Waals surface area contributed by atoms with Crippen LogP contribution < -0.4 is 10.6 Å². The predicted octanol–water partition coefficient (Wildman–Crippen LogP) is 0.714. The van der Waals surface area contributed by atoms with Crippen LogP contribution in [0.3, 0.4) is 0 Å². The number of nitrogens with one attached hydrogen (secondary N) is 2. The van der Waals surface area contributed by atoms with Crippen molar-refractivity contribution in [2.45, 2.75) is 32.9 Å². The fourth-order valence-corrected chi connectivity index (χ4v) is 2.40. The summed E-state index contributed by atoms with van der Waals surface area (Å²) in [6.45, 7) is 5.58. The van der Waals surface area contributed by atoms with Crippen LogP contribution in [-0.2, 0) is 4.79 Å². The average molecular weight is 182 g/mol. The van der Waals surface area contributed by atoms with Gasteiger partial charge in [-0.15, -0.1) is 0 Å². The lowest BCUT2D eigenvalue weighted by Gasteiger charge is -2.34. The summed E-state index contributed by atoms with van der Waals surface area (Å²) in [6.07, 6.45) is 2.19. The highest BCUT2D eigenvalue weighted by molar-refractivity contribution is 5.78. The molecule has 3 heteroatoms. The first-order chi connectivity index (χ1) is 6.16. The van der Waals surface area contributed by atoms with Crippen molar-refractivity contribution < 1.29 is 4.79 Å². The van der Waals surface area contributed by atoms with Crippen LogP contribution in [0, 0.1) is 17.8 Å². The lowest BCUT2D eigenvalue weighted by Crippen LogP contribution is -2.50. The predicted molar refractivity (Wildman–Crippen MR) is 51.0 cm³/mol. The first kappa shape index (κ1) is 9.00. The quantitative estimate of drug-likeness (QED) is 0.627. The lowest BCUT2D eigenvalue weighted by molar-refractivity contribution is -0.119. The molecule has 2 saturated heterocycles. The van der Waals surface area contributed by atoms with E-state index in [1.165, 1.54) is 6.42 Å². The van der Waals surface area contributed by atoms with E-state index in [4.69, 9.17) is 0 Å². The third-order valence-electron chi connectivity index (χ3n) is 3.38. The molecule has 3 atom stereocenters. The van der Waals surface area contributed by atoms with Crippen LogP contribution in [0.4, 0.5) is 0 Å². The smallest absolute Gasteiger partial charge is 0.221 e. The van der Waals surface area contributed by atoms with E-state index in [0.29, 0.717) is 5.92 Å². The van der Waals surface area contributed by atoms with Gasteiger partial charge in [-0.05, 0) is 18.3 Å². The number of rotatable bonds is 1. The second kappa shape index (κ2) is 3.29. The Morgan fingerprint density at radius 2 is 2.23 bits per heavy atom. The average Bonchev–Trinajstić information content (AvgIpc) is 2.42. The molecule has 74 valence electrons. The Labute approximate surface area is 79.3 Å². The summed E-state index contributed by atoms with van der Waals surface area (Å²) in [7, 11) is 0. The van der Waals surface area contributed by atoms with Gasteiger partial charge in [-0.2, -0.15) is 0 Å². The molecule has 0 aromatic rings. The third-order valence-corrected chi connectivity index (χ3v) is 3.38. The van der Waals surface area contributed by atoms with Gasteiger partial charge < -0.3 is 5.32 Å². The van der Waals surface area contributed by atoms with Crippen molar-refractivity contribution in [2.75, 3.05) is 6.54 Å². The molecule has 3 nitrogen and oxygen atoms in total. The van der Waals surface area contributed by atoms with E-state index >= 15 is 0 Å². The Bertz CT molecular complexity index is 215. The summed E-state index contributed by atoms with van der Waals surface area (Å²) >= 11 is 0. The Morgan fingerprint density at radius 3 is 2.92 bits per heavy atom. The lowest BCUT2D eigenvalue weighted by atomic mass is 9.82. The van der Waals surface area contributed by atoms with Gasteiger partial charge in [0.1, 0.15) is 0 Å². The molecule has 2 rings (SSSR count). The largest absolute Gasteiger partial charge is 0.340 e. The van der Waals surface area contributed by atoms with Gasteiger partial charge in [-0.25, -0.2) is 0 Å². The van der Waals surface area contributed by atoms with Crippen molar-refractivity contribution in [3.63, 3.8) is 0 Å². The zero-order chi connectivity index (χ0) is 9.42. The van der Waals surface area contributed by atoms with Gasteiger partial charge >= 0.3 is 0 Å². The zero-order valence-electron chi connectivity index (χ0n) is 8.34. The van der Waals surface area contributed by atoms with E-state index in [-0.39, 0.29) is 12.1 Å². The molecule has 0 aromatic carbocycles. The number of fused-ring (bicyclic) bond motifs is 1. The molecule has 13 heavy (non-hydrogen) atoms. The zero-order valence-corrected chi connectivity index (χ0v) is 8.34. The van der Waals surface area contributed by atoms with Gasteiger partial charge in [-0.3, -0.25) is 10.1 Å². The van der Waals surface area contributed by atoms with Crippen LogP contribution in [0.25, 0.3) is 0 Å². The van der Waals surface area contributed by atoms with E-state index in [0.717, 1.165) is 24.8 Å². The van der Waals surface area contributed by atoms with Crippen LogP contribution in [0.15, 0.2) is 0 Å². The highest BCUT2D eigenvalue weighted by atomic mass is 16.2. The van der Waals surface area contributed by atoms with E-state index in [1.54, 1.807) is 0 Å². The molecule has 2 fully saturated rings. The van der Waals surface area contributed by atoms with E-state index in [1.807, 2.05) is 0 Å². The molecule has 0 radical (unpaired) electrons. The molecule has 0 spiro atoms. The topological polar surface area (TPSA) is 41.1 Å². The highest BCUT2D eigenvalue weighted by Gasteiger charge is 2.37. The summed E-state index contributed by atoms with van der Waals surface area (Å²) in [4.78, 5) is 11.1. The van der Waals surface area contributed by atoms with Gasteiger partial charge in [0.2, 0.25) is 5.91 Å². The molecule has 2 aliphatic heterocycles. The van der Waals surface area contributed by atoms with Gasteiger partial charge in [0, 0.05) is 18.9 Å². The van der Waals surface area contributed by atoms with E-state index < -0.39 is 0 Å². The van der Waals surface area contributed by atoms with Crippen LogP contribution in [-0.4, -0.2) is 18.6 Å². The summed E-state index contributed by atoms with van der Waals surface area (Å²) in [6, 6.07) is 0. The van der Waals surface area contributed by atoms with Crippen molar-refractivity contribution >= 4 is 5.91 Å². The SMILES string of the molecule is CC(C)C1CNC2NC(=O)CC2C1. The normalized spacial score (nSPS) is 39.0. The number of carbonyl (C=O) groups excluding carboxylic acids is 1. The number of hydrogen-bond donors (Lipinski definition) is 2. The number of amides is 1. The molecular formula is C10H18N2O. The van der Waals surface area contributed by atoms with Crippen molar-refractivity contribution in [1.29, 1.82) is 0 Å². The number of hydrogen-bond acceptors (Lipinski definition) is 2. The van der Waals surface area contributed by atoms with Gasteiger partial charge in [-0.1, -0.05) is 13.8 Å². The third kappa shape index (κ3) is 1.70. The fourth-order valence-electron chi connectivity index (χ4n) is 2.40. The Balaban J connectivity index is 1.97. The molecule has 0 aromatic heterocycles. The Kier molecular flexibility index (Phi) is 2.28. The fraction of sp³-hybridized carbons (Fsp3) is 0.900. The van der Waals surface area contributed by atoms with Crippen LogP contribution in [0.2, 0.25) is 0 Å². The first-order valence-corrected chi connectivity index (χ1v) is 5.19. The second-order valence-corrected chi connectivity index (χ2v) is 4.66. The van der Waals surface area contributed by atoms with Gasteiger partial charge in [0.05, 0.1) is 6.17 Å². The molecular weight excluding hydrogens is 164 g/mol. The maximum absolute atomic E-state index is 11.1. The minimum absolute atomic E-state index is 0.215. The summed E-state index contributed by atoms with van der Waals surface area (Å²) in [5.74, 6) is 2.22. The van der Waals surface area contributed by atoms with Crippen LogP contribution in [0.5, 0.6) is 0 Å². The summed E-state index contributed by atoms with van der Waals surface area (Å²) in [5, 5.41) is 6.38. The monoisotopic (exact) mass is 182 g/mol. The molecule has 0 aliphatic carbocycles. The van der Waals surface area contributed by atoms with E-state index in [9.17, 15) is 4.79 Å². The minimum Gasteiger partial charge on any atom is -0.340 e. The molecule has 2 N–H and O–H groups in total. The van der Waals surface area contributed by atoms with Gasteiger partial charge in [0.25, 0.3) is 0 Å². The number of piperidine rings is 1. The van der Waals surface area contributed by atoms with Crippen molar-refractivity contribution in [3.05, 3.63) is 0 Å². The summed E-state index contributed by atoms with van der Waals surface area (Å²) in [5.41, 5.74) is 0. The second-order valence-electron chi connectivity index (χ2n) is 4.66. The van der Waals surface area contributed by atoms with Crippen molar-refractivity contribution in [2.24, 2.45) is 17.8 Å². The van der Waals surface area contributed by atoms with Gasteiger partial charge in [0.15, 0.2) is 0 Å². The molecule has 1 amide bonds. The maximum Gasteiger partial charge on any atom is 0.221 e. The highest BCUT2D eigenvalue weighted by Crippen LogP contribution is 2.30. The minimum atomic E-state index is 0.215. The van der Waals surface area contributed by atoms with Crippen LogP contribution in [0.1, 0.15) is 26.7 Å². The van der Waals surface area contributed by atoms with E-state index in [2.05, 4.69) is 24.5 Å². The Morgan fingerprint density at radius 1 is 1.46 bits per heavy atom. The maximum atomic E-state index is 11.1. The molecule has 0 bridgehead atoms. The Hall–Kier alpha value is -0.570. The molecule has 2 aliphatic rings. The summed E-state index contributed by atoms with van der Waals surface area (Å²) < 4.78 is 0. The van der Waals surface area contributed by atoms with Crippen LogP contribution >= 0.6 is 0 Å².